The second kappa shape index (κ2) is 7.91. The quantitative estimate of drug-likeness (QED) is 0.558. The highest BCUT2D eigenvalue weighted by atomic mass is 16.5. The molecule has 0 saturated heterocycles. The summed E-state index contributed by atoms with van der Waals surface area (Å²) in [5.41, 5.74) is 1.28. The average molecular weight is 227 g/mol. The molecular weight excluding hydrogens is 206 g/mol. The number of carbonyl (C=O) groups is 2. The second-order valence-corrected chi connectivity index (χ2v) is 3.65. The zero-order valence-electron chi connectivity index (χ0n) is 10.6. The third kappa shape index (κ3) is 4.96. The van der Waals surface area contributed by atoms with Crippen LogP contribution < -0.4 is 5.32 Å². The number of hydrogen-bond donors (Lipinski definition) is 1. The molecule has 0 aromatic carbocycles. The molecule has 0 heterocycles. The molecule has 1 amide bonds. The number of ether oxygens (including phenoxy) is 1. The summed E-state index contributed by atoms with van der Waals surface area (Å²) in [4.78, 5) is 22.6. The van der Waals surface area contributed by atoms with Crippen LogP contribution in [0.2, 0.25) is 0 Å². The van der Waals surface area contributed by atoms with Crippen LogP contribution in [-0.4, -0.2) is 19.0 Å². The van der Waals surface area contributed by atoms with Gasteiger partial charge in [0.05, 0.1) is 7.11 Å². The molecule has 0 rings (SSSR count). The van der Waals surface area contributed by atoms with Gasteiger partial charge in [-0.05, 0) is 18.4 Å². The summed E-state index contributed by atoms with van der Waals surface area (Å²) in [6.07, 6.45) is 3.49. The number of allylic oxidation sites excluding steroid dienone is 1. The summed E-state index contributed by atoms with van der Waals surface area (Å²) in [6.45, 7) is 5.47. The molecule has 92 valence electrons. The van der Waals surface area contributed by atoms with E-state index in [0.29, 0.717) is 5.70 Å². The first-order chi connectivity index (χ1) is 7.56. The minimum absolute atomic E-state index is 0.245. The van der Waals surface area contributed by atoms with E-state index in [-0.39, 0.29) is 5.91 Å². The lowest BCUT2D eigenvalue weighted by atomic mass is 10.0. The molecule has 0 fully saturated rings. The topological polar surface area (TPSA) is 55.4 Å². The first kappa shape index (κ1) is 14.7. The Hall–Kier alpha value is -1.32. The molecule has 0 radical (unpaired) electrons. The third-order valence-corrected chi connectivity index (χ3v) is 2.15. The lowest BCUT2D eigenvalue weighted by Gasteiger charge is -2.13. The van der Waals surface area contributed by atoms with Gasteiger partial charge < -0.3 is 10.1 Å². The fourth-order valence-corrected chi connectivity index (χ4v) is 1.54. The van der Waals surface area contributed by atoms with Crippen LogP contribution in [-0.2, 0) is 14.3 Å². The maximum absolute atomic E-state index is 11.5. The molecule has 0 atom stereocenters. The van der Waals surface area contributed by atoms with E-state index < -0.39 is 5.97 Å². The van der Waals surface area contributed by atoms with Gasteiger partial charge in [-0.25, -0.2) is 4.79 Å². The Morgan fingerprint density at radius 2 is 1.62 bits per heavy atom. The molecule has 0 bridgehead atoms. The van der Waals surface area contributed by atoms with Crippen molar-refractivity contribution in [2.45, 2.75) is 46.5 Å². The predicted octanol–water partition coefficient (Wildman–Crippen LogP) is 2.15. The van der Waals surface area contributed by atoms with Gasteiger partial charge in [0.15, 0.2) is 0 Å². The summed E-state index contributed by atoms with van der Waals surface area (Å²) in [6, 6.07) is 0. The highest BCUT2D eigenvalue weighted by Gasteiger charge is 2.16. The number of esters is 1. The minimum Gasteiger partial charge on any atom is -0.464 e. The number of carbonyl (C=O) groups excluding carboxylic acids is 2. The van der Waals surface area contributed by atoms with Crippen molar-refractivity contribution in [1.82, 2.24) is 5.32 Å². The van der Waals surface area contributed by atoms with Crippen molar-refractivity contribution in [2.75, 3.05) is 7.11 Å². The van der Waals surface area contributed by atoms with E-state index in [0.717, 1.165) is 31.3 Å². The monoisotopic (exact) mass is 227 g/mol. The molecule has 0 aliphatic heterocycles. The van der Waals surface area contributed by atoms with Gasteiger partial charge in [-0.1, -0.05) is 26.7 Å². The minimum atomic E-state index is -0.466. The standard InChI is InChI=1S/C12H21NO3/c1-5-7-10(8-6-2)11(12(15)16-4)13-9(3)14/h5-8H2,1-4H3,(H,13,14). The molecule has 0 aromatic heterocycles. The smallest absolute Gasteiger partial charge is 0.354 e. The Labute approximate surface area is 97.1 Å². The van der Waals surface area contributed by atoms with Crippen molar-refractivity contribution in [2.24, 2.45) is 0 Å². The second-order valence-electron chi connectivity index (χ2n) is 3.65. The molecular formula is C12H21NO3. The highest BCUT2D eigenvalue weighted by Crippen LogP contribution is 2.16. The molecule has 0 aliphatic carbocycles. The number of methoxy groups -OCH3 is 1. The lowest BCUT2D eigenvalue weighted by Crippen LogP contribution is -2.27. The van der Waals surface area contributed by atoms with E-state index in [4.69, 9.17) is 0 Å². The summed E-state index contributed by atoms with van der Waals surface area (Å²) >= 11 is 0. The van der Waals surface area contributed by atoms with Gasteiger partial charge in [-0.2, -0.15) is 0 Å². The van der Waals surface area contributed by atoms with E-state index in [1.807, 2.05) is 13.8 Å². The molecule has 4 heteroatoms. The van der Waals surface area contributed by atoms with E-state index in [2.05, 4.69) is 10.1 Å². The Morgan fingerprint density at radius 1 is 1.12 bits per heavy atom. The fourth-order valence-electron chi connectivity index (χ4n) is 1.54. The van der Waals surface area contributed by atoms with Crippen molar-refractivity contribution >= 4 is 11.9 Å². The van der Waals surface area contributed by atoms with E-state index in [1.165, 1.54) is 14.0 Å². The summed E-state index contributed by atoms with van der Waals surface area (Å²) in [5, 5.41) is 2.57. The maximum atomic E-state index is 11.5. The van der Waals surface area contributed by atoms with Crippen molar-refractivity contribution in [1.29, 1.82) is 0 Å². The van der Waals surface area contributed by atoms with Crippen LogP contribution in [0.1, 0.15) is 46.5 Å². The Bertz CT molecular complexity index is 274. The van der Waals surface area contributed by atoms with Gasteiger partial charge >= 0.3 is 5.97 Å². The predicted molar refractivity (Wildman–Crippen MR) is 62.7 cm³/mol. The van der Waals surface area contributed by atoms with Gasteiger partial charge in [0.25, 0.3) is 0 Å². The summed E-state index contributed by atoms with van der Waals surface area (Å²) in [7, 11) is 1.32. The number of amides is 1. The van der Waals surface area contributed by atoms with Crippen molar-refractivity contribution < 1.29 is 14.3 Å². The van der Waals surface area contributed by atoms with Crippen LogP contribution in [0.5, 0.6) is 0 Å². The van der Waals surface area contributed by atoms with Gasteiger partial charge in [0, 0.05) is 6.92 Å². The van der Waals surface area contributed by atoms with Crippen LogP contribution in [0, 0.1) is 0 Å². The maximum Gasteiger partial charge on any atom is 0.354 e. The van der Waals surface area contributed by atoms with Crippen molar-refractivity contribution in [3.8, 4) is 0 Å². The molecule has 0 unspecified atom stereocenters. The zero-order valence-corrected chi connectivity index (χ0v) is 10.6. The Morgan fingerprint density at radius 3 is 1.94 bits per heavy atom. The normalized spacial score (nSPS) is 9.50. The molecule has 0 aliphatic rings. The first-order valence-electron chi connectivity index (χ1n) is 5.64. The zero-order chi connectivity index (χ0) is 12.6. The molecule has 0 aromatic rings. The van der Waals surface area contributed by atoms with E-state index in [1.54, 1.807) is 0 Å². The number of hydrogen-bond acceptors (Lipinski definition) is 3. The molecule has 1 N–H and O–H groups in total. The number of rotatable bonds is 6. The van der Waals surface area contributed by atoms with Crippen LogP contribution >= 0.6 is 0 Å². The summed E-state index contributed by atoms with van der Waals surface area (Å²) < 4.78 is 4.68. The SMILES string of the molecule is CCCC(CCC)=C(NC(C)=O)C(=O)OC. The van der Waals surface area contributed by atoms with Gasteiger partial charge in [0.1, 0.15) is 5.70 Å². The van der Waals surface area contributed by atoms with Crippen molar-refractivity contribution in [3.05, 3.63) is 11.3 Å². The highest BCUT2D eigenvalue weighted by molar-refractivity contribution is 5.93. The Kier molecular flexibility index (Phi) is 7.25. The van der Waals surface area contributed by atoms with Crippen LogP contribution in [0.25, 0.3) is 0 Å². The average Bonchev–Trinajstić information content (AvgIpc) is 2.24. The van der Waals surface area contributed by atoms with Crippen LogP contribution in [0.4, 0.5) is 0 Å². The fraction of sp³-hybridized carbons (Fsp3) is 0.667. The molecule has 0 spiro atoms. The summed E-state index contributed by atoms with van der Waals surface area (Å²) in [5.74, 6) is -0.711. The molecule has 0 saturated carbocycles. The lowest BCUT2D eigenvalue weighted by molar-refractivity contribution is -0.137. The van der Waals surface area contributed by atoms with E-state index in [9.17, 15) is 9.59 Å². The first-order valence-corrected chi connectivity index (χ1v) is 5.64. The molecule has 4 nitrogen and oxygen atoms in total. The van der Waals surface area contributed by atoms with Crippen LogP contribution in [0.3, 0.4) is 0 Å². The van der Waals surface area contributed by atoms with E-state index >= 15 is 0 Å². The van der Waals surface area contributed by atoms with Gasteiger partial charge in [-0.15, -0.1) is 0 Å². The number of nitrogens with one attached hydrogen (secondary N) is 1. The van der Waals surface area contributed by atoms with Crippen molar-refractivity contribution in [3.63, 3.8) is 0 Å². The van der Waals surface area contributed by atoms with Gasteiger partial charge in [-0.3, -0.25) is 4.79 Å². The Balaban J connectivity index is 5.07. The molecule has 16 heavy (non-hydrogen) atoms. The van der Waals surface area contributed by atoms with Crippen LogP contribution in [0.15, 0.2) is 11.3 Å². The largest absolute Gasteiger partial charge is 0.464 e. The van der Waals surface area contributed by atoms with Gasteiger partial charge in [0.2, 0.25) is 5.91 Å². The third-order valence-electron chi connectivity index (χ3n) is 2.15.